The van der Waals surface area contributed by atoms with Gasteiger partial charge in [0, 0.05) is 18.3 Å². The van der Waals surface area contributed by atoms with E-state index in [9.17, 15) is 14.0 Å². The Balaban J connectivity index is 1.63. The van der Waals surface area contributed by atoms with Crippen molar-refractivity contribution in [3.8, 4) is 5.75 Å². The maximum Gasteiger partial charge on any atom is 0.255 e. The normalized spacial score (nSPS) is 16.8. The minimum atomic E-state index is -0.713. The van der Waals surface area contributed by atoms with Crippen LogP contribution >= 0.6 is 0 Å². The van der Waals surface area contributed by atoms with Crippen LogP contribution in [0.4, 0.5) is 10.2 Å². The number of nitrogens with zero attached hydrogens (tertiary/aromatic N) is 2. The van der Waals surface area contributed by atoms with E-state index >= 15 is 0 Å². The molecule has 1 aliphatic heterocycles. The van der Waals surface area contributed by atoms with Crippen molar-refractivity contribution in [2.75, 3.05) is 12.4 Å². The Morgan fingerprint density at radius 2 is 1.69 bits per heavy atom. The van der Waals surface area contributed by atoms with E-state index in [0.29, 0.717) is 22.7 Å². The van der Waals surface area contributed by atoms with Crippen molar-refractivity contribution in [1.82, 2.24) is 9.88 Å². The number of aromatic nitrogens is 1. The van der Waals surface area contributed by atoms with Crippen LogP contribution in [0.5, 0.6) is 5.75 Å². The summed E-state index contributed by atoms with van der Waals surface area (Å²) in [5, 5.41) is 2.92. The van der Waals surface area contributed by atoms with Crippen LogP contribution in [0, 0.1) is 5.82 Å². The molecular weight excluding hydrogens is 457 g/mol. The van der Waals surface area contributed by atoms with Crippen LogP contribution in [0.15, 0.2) is 97.2 Å². The summed E-state index contributed by atoms with van der Waals surface area (Å²) in [6.07, 6.45) is 1.61. The molecule has 0 bridgehead atoms. The molecule has 2 amide bonds. The second-order valence-electron chi connectivity index (χ2n) is 8.55. The lowest BCUT2D eigenvalue weighted by Gasteiger charge is -2.42. The lowest BCUT2D eigenvalue weighted by Crippen LogP contribution is -2.45. The Morgan fingerprint density at radius 3 is 2.39 bits per heavy atom. The number of amides is 2. The van der Waals surface area contributed by atoms with Gasteiger partial charge >= 0.3 is 0 Å². The molecule has 0 fully saturated rings. The Morgan fingerprint density at radius 1 is 0.972 bits per heavy atom. The standard InChI is InChI=1S/C29H24FN3O3/c1-36-22-15-11-20(12-16-22)27-26(28(34)32-25-8-4-5-17-31-25)23-6-2-3-7-24(23)29(35)33(27)18-19-9-13-21(30)14-10-19/h2-17,26-27H,18H2,1H3,(H,31,32,34)/t26-,27+/m1/s1. The number of carbonyl (C=O) groups is 2. The van der Waals surface area contributed by atoms with Crippen molar-refractivity contribution < 1.29 is 18.7 Å². The van der Waals surface area contributed by atoms with Crippen molar-refractivity contribution in [3.05, 3.63) is 125 Å². The number of benzene rings is 3. The zero-order valence-corrected chi connectivity index (χ0v) is 19.6. The molecule has 1 N–H and O–H groups in total. The van der Waals surface area contributed by atoms with E-state index in [1.165, 1.54) is 12.1 Å². The third-order valence-electron chi connectivity index (χ3n) is 6.36. The lowest BCUT2D eigenvalue weighted by atomic mass is 9.79. The Labute approximate surface area is 208 Å². The maximum absolute atomic E-state index is 13.8. The predicted octanol–water partition coefficient (Wildman–Crippen LogP) is 5.35. The van der Waals surface area contributed by atoms with Gasteiger partial charge in [0.15, 0.2) is 0 Å². The third-order valence-corrected chi connectivity index (χ3v) is 6.36. The predicted molar refractivity (Wildman–Crippen MR) is 134 cm³/mol. The van der Waals surface area contributed by atoms with Gasteiger partial charge in [0.05, 0.1) is 19.1 Å². The van der Waals surface area contributed by atoms with Crippen LogP contribution in [0.3, 0.4) is 0 Å². The molecule has 2 heterocycles. The molecule has 1 aromatic heterocycles. The molecule has 1 aliphatic rings. The Bertz CT molecular complexity index is 1380. The number of nitrogens with one attached hydrogen (secondary N) is 1. The SMILES string of the molecule is COc1ccc([C@H]2[C@H](C(=O)Nc3ccccn3)c3ccccc3C(=O)N2Cc2ccc(F)cc2)cc1. The van der Waals surface area contributed by atoms with Crippen LogP contribution in [0.2, 0.25) is 0 Å². The number of ether oxygens (including phenoxy) is 1. The molecular formula is C29H24FN3O3. The molecule has 36 heavy (non-hydrogen) atoms. The summed E-state index contributed by atoms with van der Waals surface area (Å²) in [4.78, 5) is 33.5. The molecule has 0 saturated carbocycles. The largest absolute Gasteiger partial charge is 0.497 e. The van der Waals surface area contributed by atoms with E-state index in [1.54, 1.807) is 60.7 Å². The highest BCUT2D eigenvalue weighted by molar-refractivity contribution is 6.04. The van der Waals surface area contributed by atoms with Crippen molar-refractivity contribution in [1.29, 1.82) is 0 Å². The first-order chi connectivity index (χ1) is 17.5. The van der Waals surface area contributed by atoms with E-state index < -0.39 is 12.0 Å². The van der Waals surface area contributed by atoms with E-state index in [1.807, 2.05) is 36.4 Å². The molecule has 3 aromatic carbocycles. The molecule has 7 heteroatoms. The summed E-state index contributed by atoms with van der Waals surface area (Å²) in [7, 11) is 1.58. The van der Waals surface area contributed by atoms with Crippen LogP contribution in [-0.2, 0) is 11.3 Å². The van der Waals surface area contributed by atoms with Crippen molar-refractivity contribution >= 4 is 17.6 Å². The first-order valence-corrected chi connectivity index (χ1v) is 11.6. The summed E-state index contributed by atoms with van der Waals surface area (Å²) < 4.78 is 18.9. The van der Waals surface area contributed by atoms with Gasteiger partial charge in [0.1, 0.15) is 17.4 Å². The number of pyridine rings is 1. The number of halogens is 1. The molecule has 4 aromatic rings. The van der Waals surface area contributed by atoms with Gasteiger partial charge in [-0.05, 0) is 59.2 Å². The molecule has 0 aliphatic carbocycles. The smallest absolute Gasteiger partial charge is 0.255 e. The van der Waals surface area contributed by atoms with Crippen LogP contribution in [-0.4, -0.2) is 28.8 Å². The number of carbonyl (C=O) groups excluding carboxylic acids is 2. The number of methoxy groups -OCH3 is 1. The summed E-state index contributed by atoms with van der Waals surface area (Å²) in [5.41, 5.74) is 2.64. The van der Waals surface area contributed by atoms with Crippen molar-refractivity contribution in [2.45, 2.75) is 18.5 Å². The highest BCUT2D eigenvalue weighted by Crippen LogP contribution is 2.44. The number of hydrogen-bond acceptors (Lipinski definition) is 4. The van der Waals surface area contributed by atoms with Gasteiger partial charge in [-0.3, -0.25) is 9.59 Å². The molecule has 0 spiro atoms. The molecule has 180 valence electrons. The Kier molecular flexibility index (Phi) is 6.45. The number of anilines is 1. The zero-order valence-electron chi connectivity index (χ0n) is 19.6. The van der Waals surface area contributed by atoms with Gasteiger partial charge in [-0.2, -0.15) is 0 Å². The lowest BCUT2D eigenvalue weighted by molar-refractivity contribution is -0.119. The highest BCUT2D eigenvalue weighted by Gasteiger charge is 2.44. The van der Waals surface area contributed by atoms with Gasteiger partial charge in [-0.15, -0.1) is 0 Å². The first-order valence-electron chi connectivity index (χ1n) is 11.6. The van der Waals surface area contributed by atoms with Crippen molar-refractivity contribution in [3.63, 3.8) is 0 Å². The quantitative estimate of drug-likeness (QED) is 0.403. The summed E-state index contributed by atoms with van der Waals surface area (Å²) in [6, 6.07) is 25.2. The molecule has 0 radical (unpaired) electrons. The van der Waals surface area contributed by atoms with E-state index in [2.05, 4.69) is 10.3 Å². The number of fused-ring (bicyclic) bond motifs is 1. The van der Waals surface area contributed by atoms with Crippen LogP contribution < -0.4 is 10.1 Å². The second kappa shape index (κ2) is 10.00. The summed E-state index contributed by atoms with van der Waals surface area (Å²) >= 11 is 0. The fraction of sp³-hybridized carbons (Fsp3) is 0.138. The molecule has 6 nitrogen and oxygen atoms in total. The second-order valence-corrected chi connectivity index (χ2v) is 8.55. The van der Waals surface area contributed by atoms with Crippen molar-refractivity contribution in [2.24, 2.45) is 0 Å². The van der Waals surface area contributed by atoms with Gasteiger partial charge < -0.3 is 15.0 Å². The fourth-order valence-corrected chi connectivity index (χ4v) is 4.65. The average molecular weight is 482 g/mol. The van der Waals surface area contributed by atoms with Gasteiger partial charge in [0.2, 0.25) is 5.91 Å². The number of hydrogen-bond donors (Lipinski definition) is 1. The minimum Gasteiger partial charge on any atom is -0.497 e. The van der Waals surface area contributed by atoms with Gasteiger partial charge in [-0.1, -0.05) is 48.5 Å². The first kappa shape index (κ1) is 23.2. The fourth-order valence-electron chi connectivity index (χ4n) is 4.65. The molecule has 0 saturated heterocycles. The monoisotopic (exact) mass is 481 g/mol. The highest BCUT2D eigenvalue weighted by atomic mass is 19.1. The van der Waals surface area contributed by atoms with Crippen LogP contribution in [0.1, 0.15) is 39.0 Å². The zero-order chi connectivity index (χ0) is 25.1. The maximum atomic E-state index is 13.8. The summed E-state index contributed by atoms with van der Waals surface area (Å²) in [6.45, 7) is 0.206. The minimum absolute atomic E-state index is 0.197. The average Bonchev–Trinajstić information content (AvgIpc) is 2.92. The van der Waals surface area contributed by atoms with E-state index in [0.717, 1.165) is 11.1 Å². The van der Waals surface area contributed by atoms with Gasteiger partial charge in [0.25, 0.3) is 5.91 Å². The van der Waals surface area contributed by atoms with E-state index in [4.69, 9.17) is 4.74 Å². The third kappa shape index (κ3) is 4.55. The Hall–Kier alpha value is -4.52. The topological polar surface area (TPSA) is 71.5 Å². The van der Waals surface area contributed by atoms with Gasteiger partial charge in [-0.25, -0.2) is 9.37 Å². The van der Waals surface area contributed by atoms with Crippen LogP contribution in [0.25, 0.3) is 0 Å². The molecule has 0 unspecified atom stereocenters. The summed E-state index contributed by atoms with van der Waals surface area (Å²) in [5.74, 6) is -0.448. The molecule has 2 atom stereocenters. The number of rotatable bonds is 6. The van der Waals surface area contributed by atoms with E-state index in [-0.39, 0.29) is 24.2 Å². The molecule has 5 rings (SSSR count).